The van der Waals surface area contributed by atoms with E-state index >= 15 is 0 Å². The summed E-state index contributed by atoms with van der Waals surface area (Å²) in [4.78, 5) is 12.5. The highest BCUT2D eigenvalue weighted by Gasteiger charge is 2.20. The highest BCUT2D eigenvalue weighted by atomic mass is 16.3. The van der Waals surface area contributed by atoms with Gasteiger partial charge in [0, 0.05) is 6.42 Å². The molecule has 0 aromatic carbocycles. The van der Waals surface area contributed by atoms with E-state index in [0.717, 1.165) is 77.0 Å². The summed E-state index contributed by atoms with van der Waals surface area (Å²) in [6, 6.07) is -0.542. The maximum Gasteiger partial charge on any atom is 0.220 e. The number of hydrogen-bond donors (Lipinski definition) is 3. The van der Waals surface area contributed by atoms with E-state index in [9.17, 15) is 15.0 Å². The lowest BCUT2D eigenvalue weighted by Gasteiger charge is -2.22. The standard InChI is InChI=1S/C59H103NO3/c1-3-5-7-9-11-13-15-17-19-20-21-22-23-24-25-26-27-28-29-30-31-32-33-34-35-36-37-38-39-40-41-43-45-47-49-51-53-55-59(63)60-57(56-61)58(62)54-52-50-48-46-44-42-18-16-14-12-10-8-6-4-2/h5,7,11,13,17,19,21-22,24-25,27-28,30-31,33-34,57-58,61-62H,3-4,6,8-10,12,14-16,18,20,23,26,29,32,35-56H2,1-2H3,(H,60,63)/b7-5-,13-11-,19-17-,22-21-,25-24-,28-27-,31-30-,34-33-. The Morgan fingerprint density at radius 1 is 0.397 bits per heavy atom. The van der Waals surface area contributed by atoms with Crippen molar-refractivity contribution in [3.05, 3.63) is 97.2 Å². The predicted molar refractivity (Wildman–Crippen MR) is 280 cm³/mol. The summed E-state index contributed by atoms with van der Waals surface area (Å²) in [7, 11) is 0. The first-order chi connectivity index (χ1) is 31.2. The van der Waals surface area contributed by atoms with Crippen LogP contribution in [0.1, 0.15) is 251 Å². The number of unbranched alkanes of at least 4 members (excludes halogenated alkanes) is 25. The number of rotatable bonds is 48. The molecule has 0 aliphatic heterocycles. The molecule has 0 aromatic heterocycles. The Hall–Kier alpha value is -2.69. The predicted octanol–water partition coefficient (Wildman–Crippen LogP) is 17.7. The van der Waals surface area contributed by atoms with Crippen molar-refractivity contribution < 1.29 is 15.0 Å². The summed E-state index contributed by atoms with van der Waals surface area (Å²) in [6.45, 7) is 4.24. The molecule has 0 saturated heterocycles. The number of allylic oxidation sites excluding steroid dienone is 16. The van der Waals surface area contributed by atoms with E-state index in [1.54, 1.807) is 0 Å². The van der Waals surface area contributed by atoms with Crippen molar-refractivity contribution in [2.75, 3.05) is 6.61 Å². The Balaban J connectivity index is 3.54. The van der Waals surface area contributed by atoms with Crippen LogP contribution in [0.5, 0.6) is 0 Å². The summed E-state index contributed by atoms with van der Waals surface area (Å²) in [6.07, 6.45) is 79.5. The van der Waals surface area contributed by atoms with Gasteiger partial charge in [-0.3, -0.25) is 4.79 Å². The molecule has 0 saturated carbocycles. The molecule has 0 aromatic rings. The number of aliphatic hydroxyl groups is 2. The number of hydrogen-bond acceptors (Lipinski definition) is 3. The average molecular weight is 874 g/mol. The van der Waals surface area contributed by atoms with Crippen molar-refractivity contribution in [3.63, 3.8) is 0 Å². The molecule has 0 radical (unpaired) electrons. The van der Waals surface area contributed by atoms with E-state index in [0.29, 0.717) is 12.8 Å². The van der Waals surface area contributed by atoms with Crippen LogP contribution in [0.3, 0.4) is 0 Å². The second-order valence-electron chi connectivity index (χ2n) is 17.9. The fourth-order valence-electron chi connectivity index (χ4n) is 7.79. The van der Waals surface area contributed by atoms with Crippen molar-refractivity contribution in [2.24, 2.45) is 0 Å². The largest absolute Gasteiger partial charge is 0.394 e. The van der Waals surface area contributed by atoms with Crippen LogP contribution in [0, 0.1) is 0 Å². The van der Waals surface area contributed by atoms with Gasteiger partial charge in [-0.25, -0.2) is 0 Å². The minimum Gasteiger partial charge on any atom is -0.394 e. The van der Waals surface area contributed by atoms with Gasteiger partial charge in [-0.1, -0.05) is 265 Å². The van der Waals surface area contributed by atoms with Gasteiger partial charge in [0.1, 0.15) is 0 Å². The highest BCUT2D eigenvalue weighted by molar-refractivity contribution is 5.76. The Bertz CT molecular complexity index is 1170. The zero-order valence-corrected chi connectivity index (χ0v) is 41.6. The van der Waals surface area contributed by atoms with Gasteiger partial charge in [0.2, 0.25) is 5.91 Å². The van der Waals surface area contributed by atoms with Crippen LogP contribution in [0.2, 0.25) is 0 Å². The molecule has 1 amide bonds. The molecule has 3 N–H and O–H groups in total. The van der Waals surface area contributed by atoms with Gasteiger partial charge in [0.15, 0.2) is 0 Å². The van der Waals surface area contributed by atoms with Gasteiger partial charge >= 0.3 is 0 Å². The molecule has 362 valence electrons. The maximum atomic E-state index is 12.5. The number of carbonyl (C=O) groups excluding carboxylic acids is 1. The van der Waals surface area contributed by atoms with E-state index in [2.05, 4.69) is 116 Å². The monoisotopic (exact) mass is 874 g/mol. The maximum absolute atomic E-state index is 12.5. The summed E-state index contributed by atoms with van der Waals surface area (Å²) in [5, 5.41) is 23.2. The third kappa shape index (κ3) is 50.2. The van der Waals surface area contributed by atoms with Gasteiger partial charge in [-0.2, -0.15) is 0 Å². The molecular weight excluding hydrogens is 771 g/mol. The quantitative estimate of drug-likeness (QED) is 0.0421. The molecule has 4 heteroatoms. The Kier molecular flexibility index (Phi) is 51.4. The van der Waals surface area contributed by atoms with Crippen LogP contribution >= 0.6 is 0 Å². The molecule has 2 unspecified atom stereocenters. The van der Waals surface area contributed by atoms with Gasteiger partial charge in [0.05, 0.1) is 18.8 Å². The summed E-state index contributed by atoms with van der Waals surface area (Å²) in [5.41, 5.74) is 0. The topological polar surface area (TPSA) is 69.6 Å². The SMILES string of the molecule is CC/C=C\C/C=C\C/C=C\C/C=C\C/C=C\C/C=C\C/C=C\C/C=C\CCCCCCCCCCCCCCC(=O)NC(CO)C(O)CCCCCCCCCCCCCCCC. The summed E-state index contributed by atoms with van der Waals surface area (Å²) in [5.74, 6) is -0.0364. The molecule has 0 spiro atoms. The molecule has 0 aliphatic carbocycles. The van der Waals surface area contributed by atoms with Crippen LogP contribution in [0.15, 0.2) is 97.2 Å². The number of amides is 1. The minimum absolute atomic E-state index is 0.0364. The van der Waals surface area contributed by atoms with Crippen LogP contribution in [0.25, 0.3) is 0 Å². The third-order valence-corrected chi connectivity index (χ3v) is 11.9. The lowest BCUT2D eigenvalue weighted by molar-refractivity contribution is -0.123. The van der Waals surface area contributed by atoms with Crippen molar-refractivity contribution in [1.29, 1.82) is 0 Å². The van der Waals surface area contributed by atoms with Crippen molar-refractivity contribution >= 4 is 5.91 Å². The average Bonchev–Trinajstić information content (AvgIpc) is 3.29. The Labute approximate surface area is 392 Å². The third-order valence-electron chi connectivity index (χ3n) is 11.9. The molecular formula is C59H103NO3. The van der Waals surface area contributed by atoms with Gasteiger partial charge in [0.25, 0.3) is 0 Å². The molecule has 63 heavy (non-hydrogen) atoms. The van der Waals surface area contributed by atoms with Crippen LogP contribution in [0.4, 0.5) is 0 Å². The number of aliphatic hydroxyl groups excluding tert-OH is 2. The van der Waals surface area contributed by atoms with Gasteiger partial charge < -0.3 is 15.5 Å². The second-order valence-corrected chi connectivity index (χ2v) is 17.9. The molecule has 0 fully saturated rings. The fraction of sp³-hybridized carbons (Fsp3) is 0.712. The zero-order valence-electron chi connectivity index (χ0n) is 41.6. The van der Waals surface area contributed by atoms with Crippen LogP contribution in [-0.2, 0) is 4.79 Å². The highest BCUT2D eigenvalue weighted by Crippen LogP contribution is 2.16. The Morgan fingerprint density at radius 3 is 1.05 bits per heavy atom. The first kappa shape index (κ1) is 60.3. The molecule has 0 rings (SSSR count). The van der Waals surface area contributed by atoms with Crippen molar-refractivity contribution in [2.45, 2.75) is 264 Å². The Morgan fingerprint density at radius 2 is 0.698 bits per heavy atom. The lowest BCUT2D eigenvalue weighted by atomic mass is 10.0. The minimum atomic E-state index is -0.664. The molecule has 0 heterocycles. The second kappa shape index (κ2) is 53.6. The molecule has 0 aliphatic rings. The number of carbonyl (C=O) groups is 1. The van der Waals surface area contributed by atoms with E-state index in [-0.39, 0.29) is 12.5 Å². The van der Waals surface area contributed by atoms with Gasteiger partial charge in [-0.15, -0.1) is 0 Å². The molecule has 4 nitrogen and oxygen atoms in total. The van der Waals surface area contributed by atoms with Crippen molar-refractivity contribution in [3.8, 4) is 0 Å². The van der Waals surface area contributed by atoms with E-state index in [4.69, 9.17) is 0 Å². The van der Waals surface area contributed by atoms with Crippen LogP contribution in [-0.4, -0.2) is 34.9 Å². The molecule has 0 bridgehead atoms. The summed E-state index contributed by atoms with van der Waals surface area (Å²) < 4.78 is 0. The zero-order chi connectivity index (χ0) is 45.6. The number of nitrogens with one attached hydrogen (secondary N) is 1. The van der Waals surface area contributed by atoms with E-state index < -0.39 is 12.1 Å². The summed E-state index contributed by atoms with van der Waals surface area (Å²) >= 11 is 0. The van der Waals surface area contributed by atoms with E-state index in [1.807, 2.05) is 0 Å². The van der Waals surface area contributed by atoms with Gasteiger partial charge in [-0.05, 0) is 77.0 Å². The first-order valence-electron chi connectivity index (χ1n) is 26.9. The van der Waals surface area contributed by atoms with Crippen molar-refractivity contribution in [1.82, 2.24) is 5.32 Å². The smallest absolute Gasteiger partial charge is 0.220 e. The van der Waals surface area contributed by atoms with E-state index in [1.165, 1.54) is 148 Å². The normalized spacial score (nSPS) is 13.7. The lowest BCUT2D eigenvalue weighted by Crippen LogP contribution is -2.45. The van der Waals surface area contributed by atoms with Crippen LogP contribution < -0.4 is 5.32 Å². The first-order valence-corrected chi connectivity index (χ1v) is 26.9. The fourth-order valence-corrected chi connectivity index (χ4v) is 7.79. The molecule has 2 atom stereocenters.